The lowest BCUT2D eigenvalue weighted by Gasteiger charge is -2.08. The van der Waals surface area contributed by atoms with Gasteiger partial charge in [0.2, 0.25) is 11.7 Å². The van der Waals surface area contributed by atoms with Crippen LogP contribution in [0.2, 0.25) is 0 Å². The van der Waals surface area contributed by atoms with Crippen LogP contribution >= 0.6 is 0 Å². The van der Waals surface area contributed by atoms with E-state index in [1.54, 1.807) is 17.4 Å². The van der Waals surface area contributed by atoms with Gasteiger partial charge in [0.15, 0.2) is 23.3 Å². The third-order valence-electron chi connectivity index (χ3n) is 3.49. The predicted octanol–water partition coefficient (Wildman–Crippen LogP) is 5.16. The summed E-state index contributed by atoms with van der Waals surface area (Å²) >= 11 is 0. The third kappa shape index (κ3) is 4.04. The van der Waals surface area contributed by atoms with Crippen molar-refractivity contribution in [2.24, 2.45) is 0 Å². The van der Waals surface area contributed by atoms with Gasteiger partial charge in [0.05, 0.1) is 0 Å². The molecule has 0 bridgehead atoms. The Morgan fingerprint density at radius 3 is 1.84 bits per heavy atom. The molecule has 25 heavy (non-hydrogen) atoms. The number of carbonyl (C=O) groups excluding carboxylic acids is 1. The Bertz CT molecular complexity index is 799. The highest BCUT2D eigenvalue weighted by molar-refractivity contribution is 6.02. The molecule has 0 radical (unpaired) electrons. The van der Waals surface area contributed by atoms with Gasteiger partial charge >= 0.3 is 0 Å². The molecule has 0 heterocycles. The Hall–Kier alpha value is -2.70. The molecule has 2 aromatic rings. The van der Waals surface area contributed by atoms with E-state index in [9.17, 15) is 26.7 Å². The largest absolute Gasteiger partial charge is 0.317 e. The number of nitrogens with one attached hydrogen (secondary N) is 1. The Morgan fingerprint density at radius 2 is 1.36 bits per heavy atom. The first-order chi connectivity index (χ1) is 11.7. The van der Waals surface area contributed by atoms with E-state index in [2.05, 4.69) is 0 Å². The number of anilines is 1. The molecule has 0 unspecified atom stereocenters. The molecule has 0 saturated carbocycles. The quantitative estimate of drug-likeness (QED) is 0.349. The fourth-order valence-electron chi connectivity index (χ4n) is 2.04. The number of benzene rings is 2. The highest BCUT2D eigenvalue weighted by Crippen LogP contribution is 2.27. The molecule has 2 nitrogen and oxygen atoms in total. The van der Waals surface area contributed by atoms with Crippen molar-refractivity contribution in [3.8, 4) is 0 Å². The molecular weight excluding hydrogens is 341 g/mol. The van der Waals surface area contributed by atoms with Crippen LogP contribution in [0.3, 0.4) is 0 Å². The van der Waals surface area contributed by atoms with Gasteiger partial charge in [-0.1, -0.05) is 38.1 Å². The Morgan fingerprint density at radius 1 is 0.880 bits per heavy atom. The van der Waals surface area contributed by atoms with Crippen LogP contribution in [0.4, 0.5) is 27.6 Å². The van der Waals surface area contributed by atoms with E-state index in [1.165, 1.54) is 6.08 Å². The maximum absolute atomic E-state index is 13.5. The average molecular weight is 355 g/mol. The average Bonchev–Trinajstić information content (AvgIpc) is 2.60. The highest BCUT2D eigenvalue weighted by Gasteiger charge is 2.26. The number of rotatable bonds is 4. The Labute approximate surface area is 141 Å². The summed E-state index contributed by atoms with van der Waals surface area (Å²) in [6, 6.07) is 7.17. The molecule has 0 spiro atoms. The zero-order valence-corrected chi connectivity index (χ0v) is 13.3. The van der Waals surface area contributed by atoms with Crippen LogP contribution in [0, 0.1) is 29.1 Å². The second kappa shape index (κ2) is 7.46. The van der Waals surface area contributed by atoms with Crippen molar-refractivity contribution in [1.29, 1.82) is 0 Å². The van der Waals surface area contributed by atoms with Gasteiger partial charge in [-0.2, -0.15) is 0 Å². The molecule has 1 amide bonds. The van der Waals surface area contributed by atoms with Gasteiger partial charge < -0.3 is 5.32 Å². The van der Waals surface area contributed by atoms with Crippen LogP contribution in [0.1, 0.15) is 30.9 Å². The fourth-order valence-corrected chi connectivity index (χ4v) is 2.04. The molecule has 7 heteroatoms. The van der Waals surface area contributed by atoms with Crippen LogP contribution in [-0.4, -0.2) is 5.91 Å². The topological polar surface area (TPSA) is 29.1 Å². The minimum atomic E-state index is -2.28. The highest BCUT2D eigenvalue weighted by atomic mass is 19.2. The van der Waals surface area contributed by atoms with Gasteiger partial charge in [0.25, 0.3) is 0 Å². The van der Waals surface area contributed by atoms with Gasteiger partial charge in [0, 0.05) is 6.08 Å². The summed E-state index contributed by atoms with van der Waals surface area (Å²) in [7, 11) is 0. The van der Waals surface area contributed by atoms with Crippen LogP contribution in [0.25, 0.3) is 6.08 Å². The van der Waals surface area contributed by atoms with Crippen molar-refractivity contribution in [1.82, 2.24) is 0 Å². The summed E-state index contributed by atoms with van der Waals surface area (Å²) in [6.45, 7) is 4.03. The number of halogens is 5. The first-order valence-corrected chi connectivity index (χ1v) is 7.32. The molecule has 2 rings (SSSR count). The second-order valence-electron chi connectivity index (χ2n) is 5.59. The molecule has 0 aliphatic heterocycles. The molecule has 0 aliphatic rings. The van der Waals surface area contributed by atoms with E-state index in [4.69, 9.17) is 0 Å². The van der Waals surface area contributed by atoms with Crippen molar-refractivity contribution < 1.29 is 26.7 Å². The number of hydrogen-bond donors (Lipinski definition) is 1. The number of hydrogen-bond acceptors (Lipinski definition) is 1. The van der Waals surface area contributed by atoms with E-state index in [-0.39, 0.29) is 0 Å². The van der Waals surface area contributed by atoms with E-state index in [1.807, 2.05) is 26.0 Å². The summed E-state index contributed by atoms with van der Waals surface area (Å²) in [5.74, 6) is -11.4. The summed E-state index contributed by atoms with van der Waals surface area (Å²) in [5.41, 5.74) is 0.334. The first kappa shape index (κ1) is 18.6. The SMILES string of the molecule is CC(C)c1ccc(C=CC(=O)Nc2c(F)c(F)c(F)c(F)c2F)cc1. The zero-order valence-electron chi connectivity index (χ0n) is 13.3. The van der Waals surface area contributed by atoms with Crippen molar-refractivity contribution in [3.63, 3.8) is 0 Å². The molecule has 0 atom stereocenters. The summed E-state index contributed by atoms with van der Waals surface area (Å²) in [4.78, 5) is 11.7. The first-order valence-electron chi connectivity index (χ1n) is 7.32. The van der Waals surface area contributed by atoms with Crippen molar-refractivity contribution in [2.75, 3.05) is 5.32 Å². The number of amides is 1. The predicted molar refractivity (Wildman–Crippen MR) is 84.4 cm³/mol. The van der Waals surface area contributed by atoms with E-state index < -0.39 is 40.7 Å². The van der Waals surface area contributed by atoms with Gasteiger partial charge in [-0.05, 0) is 23.1 Å². The minimum absolute atomic E-state index is 0.329. The molecule has 0 fully saturated rings. The van der Waals surface area contributed by atoms with Crippen molar-refractivity contribution >= 4 is 17.7 Å². The molecule has 0 aliphatic carbocycles. The molecule has 132 valence electrons. The smallest absolute Gasteiger partial charge is 0.248 e. The molecule has 2 aromatic carbocycles. The summed E-state index contributed by atoms with van der Waals surface area (Å²) in [5, 5.41) is 1.66. The second-order valence-corrected chi connectivity index (χ2v) is 5.59. The minimum Gasteiger partial charge on any atom is -0.317 e. The van der Waals surface area contributed by atoms with E-state index >= 15 is 0 Å². The van der Waals surface area contributed by atoms with Crippen LogP contribution in [0.15, 0.2) is 30.3 Å². The number of carbonyl (C=O) groups is 1. The van der Waals surface area contributed by atoms with Gasteiger partial charge in [-0.25, -0.2) is 22.0 Å². The van der Waals surface area contributed by atoms with Gasteiger partial charge in [-0.3, -0.25) is 4.79 Å². The maximum atomic E-state index is 13.5. The van der Waals surface area contributed by atoms with Crippen molar-refractivity contribution in [2.45, 2.75) is 19.8 Å². The maximum Gasteiger partial charge on any atom is 0.248 e. The van der Waals surface area contributed by atoms with E-state index in [0.717, 1.165) is 11.6 Å². The normalized spacial score (nSPS) is 11.4. The zero-order chi connectivity index (χ0) is 18.7. The van der Waals surface area contributed by atoms with Crippen molar-refractivity contribution in [3.05, 3.63) is 70.6 Å². The van der Waals surface area contributed by atoms with Crippen LogP contribution in [0.5, 0.6) is 0 Å². The molecule has 0 saturated heterocycles. The Kier molecular flexibility index (Phi) is 5.56. The lowest BCUT2D eigenvalue weighted by Crippen LogP contribution is -2.14. The Balaban J connectivity index is 2.18. The van der Waals surface area contributed by atoms with Gasteiger partial charge in [-0.15, -0.1) is 0 Å². The van der Waals surface area contributed by atoms with Gasteiger partial charge in [0.1, 0.15) is 5.69 Å². The standard InChI is InChI=1S/C18H14F5NO/c1-9(2)11-6-3-10(4-7-11)5-8-12(25)24-18-16(22)14(20)13(19)15(21)17(18)23/h3-9H,1-2H3,(H,24,25). The molecular formula is C18H14F5NO. The third-order valence-corrected chi connectivity index (χ3v) is 3.49. The summed E-state index contributed by atoms with van der Waals surface area (Å²) in [6.07, 6.45) is 2.29. The van der Waals surface area contributed by atoms with Crippen LogP contribution in [-0.2, 0) is 4.79 Å². The van der Waals surface area contributed by atoms with E-state index in [0.29, 0.717) is 11.5 Å². The van der Waals surface area contributed by atoms with Crippen LogP contribution < -0.4 is 5.32 Å². The molecule has 0 aromatic heterocycles. The summed E-state index contributed by atoms with van der Waals surface area (Å²) < 4.78 is 66.1. The monoisotopic (exact) mass is 355 g/mol. The lowest BCUT2D eigenvalue weighted by atomic mass is 10.0. The molecule has 1 N–H and O–H groups in total. The lowest BCUT2D eigenvalue weighted by molar-refractivity contribution is -0.111. The fraction of sp³-hybridized carbons (Fsp3) is 0.167.